The lowest BCUT2D eigenvalue weighted by molar-refractivity contribution is -0.0512. The summed E-state index contributed by atoms with van der Waals surface area (Å²) in [5, 5.41) is 0. The Morgan fingerprint density at radius 3 is 2.54 bits per heavy atom. The van der Waals surface area contributed by atoms with E-state index >= 15 is 0 Å². The average molecular weight is 341 g/mol. The van der Waals surface area contributed by atoms with E-state index in [1.165, 1.54) is 31.4 Å². The van der Waals surface area contributed by atoms with Crippen LogP contribution < -0.4 is 15.2 Å². The number of esters is 1. The predicted octanol–water partition coefficient (Wildman–Crippen LogP) is 3.37. The van der Waals surface area contributed by atoms with Gasteiger partial charge >= 0.3 is 12.6 Å². The molecule has 2 aromatic rings. The van der Waals surface area contributed by atoms with Gasteiger partial charge in [0.15, 0.2) is 11.5 Å². The molecule has 2 N–H and O–H groups in total. The zero-order valence-corrected chi connectivity index (χ0v) is 12.6. The molecule has 0 radical (unpaired) electrons. The summed E-state index contributed by atoms with van der Waals surface area (Å²) in [6.45, 7) is -3.13. The van der Waals surface area contributed by atoms with Crippen molar-refractivity contribution in [2.45, 2.75) is 13.2 Å². The van der Waals surface area contributed by atoms with E-state index < -0.39 is 18.4 Å². The maximum absolute atomic E-state index is 13.0. The first-order valence-electron chi connectivity index (χ1n) is 6.74. The lowest BCUT2D eigenvalue weighted by atomic mass is 10.2. The van der Waals surface area contributed by atoms with Crippen LogP contribution in [0.5, 0.6) is 11.5 Å². The Morgan fingerprint density at radius 2 is 1.92 bits per heavy atom. The van der Waals surface area contributed by atoms with Gasteiger partial charge in [-0.15, -0.1) is 0 Å². The molecule has 0 bridgehead atoms. The smallest absolute Gasteiger partial charge is 0.387 e. The van der Waals surface area contributed by atoms with Crippen LogP contribution in [0.4, 0.5) is 18.9 Å². The fourth-order valence-corrected chi connectivity index (χ4v) is 1.94. The Hall–Kier alpha value is -2.90. The van der Waals surface area contributed by atoms with Gasteiger partial charge in [-0.25, -0.2) is 9.18 Å². The molecule has 0 spiro atoms. The Morgan fingerprint density at radius 1 is 1.17 bits per heavy atom. The van der Waals surface area contributed by atoms with E-state index in [2.05, 4.69) is 4.74 Å². The third kappa shape index (κ3) is 4.31. The summed E-state index contributed by atoms with van der Waals surface area (Å²) in [5.41, 5.74) is 6.03. The number of anilines is 1. The number of carbonyl (C=O) groups is 1. The number of ether oxygens (including phenoxy) is 3. The molecule has 0 atom stereocenters. The first kappa shape index (κ1) is 17.5. The van der Waals surface area contributed by atoms with Gasteiger partial charge in [0.1, 0.15) is 12.4 Å². The molecule has 0 aromatic heterocycles. The number of nitrogens with two attached hydrogens (primary N) is 1. The van der Waals surface area contributed by atoms with Crippen molar-refractivity contribution >= 4 is 11.7 Å². The molecule has 128 valence electrons. The van der Waals surface area contributed by atoms with Crippen LogP contribution in [0.1, 0.15) is 15.9 Å². The number of hydrogen-bond acceptors (Lipinski definition) is 5. The van der Waals surface area contributed by atoms with Crippen LogP contribution in [0.15, 0.2) is 36.4 Å². The van der Waals surface area contributed by atoms with Gasteiger partial charge in [0.25, 0.3) is 0 Å². The number of halogens is 3. The second-order valence-electron chi connectivity index (χ2n) is 4.67. The third-order valence-corrected chi connectivity index (χ3v) is 3.05. The normalized spacial score (nSPS) is 10.5. The summed E-state index contributed by atoms with van der Waals surface area (Å²) in [6.07, 6.45) is 0. The molecule has 0 aliphatic rings. The lowest BCUT2D eigenvalue weighted by Crippen LogP contribution is -2.09. The van der Waals surface area contributed by atoms with Crippen molar-refractivity contribution in [2.75, 3.05) is 12.8 Å². The van der Waals surface area contributed by atoms with Crippen molar-refractivity contribution in [2.24, 2.45) is 0 Å². The zero-order valence-electron chi connectivity index (χ0n) is 12.6. The number of carbonyl (C=O) groups excluding carboxylic acids is 1. The van der Waals surface area contributed by atoms with Gasteiger partial charge in [0.2, 0.25) is 0 Å². The maximum atomic E-state index is 13.0. The molecule has 24 heavy (non-hydrogen) atoms. The van der Waals surface area contributed by atoms with Crippen molar-refractivity contribution < 1.29 is 32.2 Å². The van der Waals surface area contributed by atoms with E-state index in [1.54, 1.807) is 0 Å². The van der Waals surface area contributed by atoms with Gasteiger partial charge in [-0.1, -0.05) is 6.07 Å². The molecular formula is C16H14F3NO4. The summed E-state index contributed by atoms with van der Waals surface area (Å²) in [7, 11) is 1.29. The molecule has 0 fully saturated rings. The van der Waals surface area contributed by atoms with Crippen molar-refractivity contribution in [1.82, 2.24) is 0 Å². The highest BCUT2D eigenvalue weighted by molar-refractivity contribution is 5.95. The van der Waals surface area contributed by atoms with Gasteiger partial charge in [-0.2, -0.15) is 8.78 Å². The van der Waals surface area contributed by atoms with Gasteiger partial charge < -0.3 is 19.9 Å². The SMILES string of the molecule is COc1cc(COC(=O)c2ccc(F)cc2N)ccc1OC(F)F. The van der Waals surface area contributed by atoms with Gasteiger partial charge in [0.05, 0.1) is 12.7 Å². The number of rotatable bonds is 6. The average Bonchev–Trinajstić information content (AvgIpc) is 2.53. The lowest BCUT2D eigenvalue weighted by Gasteiger charge is -2.12. The Bertz CT molecular complexity index is 737. The summed E-state index contributed by atoms with van der Waals surface area (Å²) in [6, 6.07) is 7.44. The number of hydrogen-bond donors (Lipinski definition) is 1. The second kappa shape index (κ2) is 7.58. The maximum Gasteiger partial charge on any atom is 0.387 e. The topological polar surface area (TPSA) is 70.8 Å². The van der Waals surface area contributed by atoms with E-state index in [4.69, 9.17) is 15.2 Å². The van der Waals surface area contributed by atoms with E-state index in [9.17, 15) is 18.0 Å². The molecule has 0 amide bonds. The van der Waals surface area contributed by atoms with E-state index in [0.717, 1.165) is 12.1 Å². The summed E-state index contributed by atoms with van der Waals surface area (Å²) in [4.78, 5) is 11.9. The second-order valence-corrected chi connectivity index (χ2v) is 4.67. The number of methoxy groups -OCH3 is 1. The van der Waals surface area contributed by atoms with Crippen molar-refractivity contribution in [3.05, 3.63) is 53.3 Å². The monoisotopic (exact) mass is 341 g/mol. The van der Waals surface area contributed by atoms with Gasteiger partial charge in [-0.3, -0.25) is 0 Å². The Labute approximate surface area is 135 Å². The highest BCUT2D eigenvalue weighted by Crippen LogP contribution is 2.29. The zero-order chi connectivity index (χ0) is 17.7. The van der Waals surface area contributed by atoms with E-state index in [1.807, 2.05) is 0 Å². The summed E-state index contributed by atoms with van der Waals surface area (Å²) in [5.74, 6) is -1.36. The van der Waals surface area contributed by atoms with Gasteiger partial charge in [0, 0.05) is 5.69 Å². The van der Waals surface area contributed by atoms with Crippen molar-refractivity contribution in [3.63, 3.8) is 0 Å². The van der Waals surface area contributed by atoms with E-state index in [-0.39, 0.29) is 29.4 Å². The quantitative estimate of drug-likeness (QED) is 0.644. The fourth-order valence-electron chi connectivity index (χ4n) is 1.94. The first-order valence-corrected chi connectivity index (χ1v) is 6.74. The number of benzene rings is 2. The van der Waals surface area contributed by atoms with Crippen LogP contribution in [0.3, 0.4) is 0 Å². The fraction of sp³-hybridized carbons (Fsp3) is 0.188. The largest absolute Gasteiger partial charge is 0.493 e. The third-order valence-electron chi connectivity index (χ3n) is 3.05. The van der Waals surface area contributed by atoms with Crippen LogP contribution in [0.25, 0.3) is 0 Å². The highest BCUT2D eigenvalue weighted by Gasteiger charge is 2.14. The molecular weight excluding hydrogens is 327 g/mol. The minimum absolute atomic E-state index is 0.0287. The minimum atomic E-state index is -2.98. The molecule has 0 aliphatic carbocycles. The van der Waals surface area contributed by atoms with Crippen LogP contribution in [-0.2, 0) is 11.3 Å². The van der Waals surface area contributed by atoms with Crippen LogP contribution in [0.2, 0.25) is 0 Å². The van der Waals surface area contributed by atoms with Crippen LogP contribution in [0, 0.1) is 5.82 Å². The first-order chi connectivity index (χ1) is 11.4. The molecule has 0 aliphatic heterocycles. The number of alkyl halides is 2. The molecule has 0 unspecified atom stereocenters. The Balaban J connectivity index is 2.07. The van der Waals surface area contributed by atoms with E-state index in [0.29, 0.717) is 5.56 Å². The predicted molar refractivity (Wildman–Crippen MR) is 79.6 cm³/mol. The molecule has 0 saturated carbocycles. The molecule has 0 saturated heterocycles. The summed E-state index contributed by atoms with van der Waals surface area (Å²) < 4.78 is 51.8. The van der Waals surface area contributed by atoms with Crippen molar-refractivity contribution in [3.8, 4) is 11.5 Å². The van der Waals surface area contributed by atoms with Crippen molar-refractivity contribution in [1.29, 1.82) is 0 Å². The molecule has 2 rings (SSSR count). The van der Waals surface area contributed by atoms with Crippen LogP contribution in [-0.4, -0.2) is 19.7 Å². The summed E-state index contributed by atoms with van der Waals surface area (Å²) >= 11 is 0. The highest BCUT2D eigenvalue weighted by atomic mass is 19.3. The molecule has 2 aromatic carbocycles. The van der Waals surface area contributed by atoms with Crippen LogP contribution >= 0.6 is 0 Å². The Kier molecular flexibility index (Phi) is 5.51. The van der Waals surface area contributed by atoms with Gasteiger partial charge in [-0.05, 0) is 35.9 Å². The standard InChI is InChI=1S/C16H14F3NO4/c1-22-14-6-9(2-5-13(14)24-16(18)19)8-23-15(21)11-4-3-10(17)7-12(11)20/h2-7,16H,8,20H2,1H3. The minimum Gasteiger partial charge on any atom is -0.493 e. The number of nitrogen functional groups attached to an aromatic ring is 1. The molecule has 5 nitrogen and oxygen atoms in total. The molecule has 0 heterocycles. The molecule has 8 heteroatoms.